The summed E-state index contributed by atoms with van der Waals surface area (Å²) < 4.78 is 30.1. The summed E-state index contributed by atoms with van der Waals surface area (Å²) in [6.07, 6.45) is 1.78. The highest BCUT2D eigenvalue weighted by Gasteiger charge is 2.44. The number of benzene rings is 1. The van der Waals surface area contributed by atoms with Gasteiger partial charge in [0.15, 0.2) is 0 Å². The Morgan fingerprint density at radius 1 is 1.23 bits per heavy atom. The quantitative estimate of drug-likeness (QED) is 0.602. The molecule has 1 aromatic heterocycles. The van der Waals surface area contributed by atoms with Crippen LogP contribution in [-0.2, 0) is 21.1 Å². The Balaban J connectivity index is 2.09. The van der Waals surface area contributed by atoms with E-state index in [2.05, 4.69) is 5.32 Å². The number of nitrogens with one attached hydrogen (secondary N) is 1. The highest BCUT2D eigenvalue weighted by molar-refractivity contribution is 7.90. The van der Waals surface area contributed by atoms with E-state index < -0.39 is 33.4 Å². The number of rotatable bonds is 8. The predicted molar refractivity (Wildman–Crippen MR) is 119 cm³/mol. The molecule has 31 heavy (non-hydrogen) atoms. The highest BCUT2D eigenvalue weighted by Crippen LogP contribution is 2.40. The first kappa shape index (κ1) is 23.0. The standard InChI is InChI=1S/C21H24N2O6S2/c1-5-13-7-8-14(9-17(13)29-6-2)16(11-31(4,27)28)23-20(25)15-10-30-19(22-12(3)24)18(15)21(23)26/h7-10,16H,5-6,11H2,1-4H3,(H,22,24)/t16-/m1/s1. The summed E-state index contributed by atoms with van der Waals surface area (Å²) in [7, 11) is -3.55. The maximum absolute atomic E-state index is 13.2. The van der Waals surface area contributed by atoms with Crippen LogP contribution >= 0.6 is 11.3 Å². The summed E-state index contributed by atoms with van der Waals surface area (Å²) in [4.78, 5) is 38.8. The first-order chi connectivity index (χ1) is 14.6. The number of imide groups is 1. The smallest absolute Gasteiger partial charge is 0.265 e. The molecule has 0 unspecified atom stereocenters. The van der Waals surface area contributed by atoms with E-state index in [0.717, 1.165) is 28.1 Å². The first-order valence-electron chi connectivity index (χ1n) is 9.77. The fourth-order valence-electron chi connectivity index (χ4n) is 3.57. The average Bonchev–Trinajstić information content (AvgIpc) is 3.19. The number of fused-ring (bicyclic) bond motifs is 1. The monoisotopic (exact) mass is 464 g/mol. The van der Waals surface area contributed by atoms with Crippen LogP contribution in [0.3, 0.4) is 0 Å². The molecule has 1 aromatic carbocycles. The van der Waals surface area contributed by atoms with Crippen LogP contribution in [0.5, 0.6) is 5.75 Å². The molecule has 0 aliphatic carbocycles. The second-order valence-electron chi connectivity index (χ2n) is 7.28. The maximum Gasteiger partial charge on any atom is 0.265 e. The van der Waals surface area contributed by atoms with Crippen LogP contribution in [0.1, 0.15) is 58.7 Å². The van der Waals surface area contributed by atoms with Gasteiger partial charge in [0.1, 0.15) is 20.6 Å². The topological polar surface area (TPSA) is 110 Å². The molecule has 1 aliphatic heterocycles. The second-order valence-corrected chi connectivity index (χ2v) is 10.3. The van der Waals surface area contributed by atoms with E-state index in [1.54, 1.807) is 12.1 Å². The molecule has 0 saturated carbocycles. The summed E-state index contributed by atoms with van der Waals surface area (Å²) in [5.74, 6) is -1.42. The molecule has 0 bridgehead atoms. The van der Waals surface area contributed by atoms with Gasteiger partial charge < -0.3 is 10.1 Å². The molecule has 1 aliphatic rings. The molecule has 10 heteroatoms. The minimum atomic E-state index is -3.55. The Hall–Kier alpha value is -2.72. The van der Waals surface area contributed by atoms with E-state index >= 15 is 0 Å². The summed E-state index contributed by atoms with van der Waals surface area (Å²) in [5.41, 5.74) is 1.68. The number of nitrogens with zero attached hydrogens (tertiary/aromatic N) is 1. The lowest BCUT2D eigenvalue weighted by Crippen LogP contribution is -2.38. The van der Waals surface area contributed by atoms with Gasteiger partial charge in [0, 0.05) is 18.6 Å². The zero-order valence-corrected chi connectivity index (χ0v) is 19.4. The van der Waals surface area contributed by atoms with Crippen molar-refractivity contribution in [2.45, 2.75) is 33.2 Å². The van der Waals surface area contributed by atoms with Crippen molar-refractivity contribution in [2.75, 3.05) is 23.9 Å². The molecule has 1 N–H and O–H groups in total. The molecule has 0 spiro atoms. The third-order valence-electron chi connectivity index (χ3n) is 4.89. The SMILES string of the molecule is CCOc1cc([C@@H](CS(C)(=O)=O)N2C(=O)c3csc(NC(C)=O)c3C2=O)ccc1CC. The van der Waals surface area contributed by atoms with Crippen LogP contribution in [-0.4, -0.2) is 49.7 Å². The van der Waals surface area contributed by atoms with Crippen molar-refractivity contribution < 1.29 is 27.5 Å². The van der Waals surface area contributed by atoms with Gasteiger partial charge in [0.05, 0.1) is 29.5 Å². The van der Waals surface area contributed by atoms with Crippen molar-refractivity contribution in [3.8, 4) is 5.75 Å². The minimum Gasteiger partial charge on any atom is -0.494 e. The van der Waals surface area contributed by atoms with Gasteiger partial charge in [-0.1, -0.05) is 19.1 Å². The van der Waals surface area contributed by atoms with Gasteiger partial charge in [-0.2, -0.15) is 0 Å². The largest absolute Gasteiger partial charge is 0.494 e. The molecule has 2 heterocycles. The number of hydrogen-bond acceptors (Lipinski definition) is 7. The van der Waals surface area contributed by atoms with E-state index in [1.165, 1.54) is 12.3 Å². The highest BCUT2D eigenvalue weighted by atomic mass is 32.2. The Kier molecular flexibility index (Phi) is 6.51. The summed E-state index contributed by atoms with van der Waals surface area (Å²) in [5, 5.41) is 4.35. The van der Waals surface area contributed by atoms with Gasteiger partial charge in [0.25, 0.3) is 11.8 Å². The Morgan fingerprint density at radius 3 is 2.52 bits per heavy atom. The van der Waals surface area contributed by atoms with Crippen molar-refractivity contribution >= 4 is 43.9 Å². The van der Waals surface area contributed by atoms with E-state index in [0.29, 0.717) is 24.3 Å². The number of aryl methyl sites for hydroxylation is 1. The molecule has 0 radical (unpaired) electrons. The first-order valence-corrected chi connectivity index (χ1v) is 12.7. The molecule has 2 aromatic rings. The lowest BCUT2D eigenvalue weighted by Gasteiger charge is -2.27. The van der Waals surface area contributed by atoms with Gasteiger partial charge in [0.2, 0.25) is 5.91 Å². The minimum absolute atomic E-state index is 0.0962. The Labute approximate surface area is 185 Å². The molecule has 0 saturated heterocycles. The molecule has 3 amide bonds. The zero-order valence-electron chi connectivity index (χ0n) is 17.7. The van der Waals surface area contributed by atoms with Crippen molar-refractivity contribution in [3.05, 3.63) is 45.8 Å². The van der Waals surface area contributed by atoms with E-state index in [1.807, 2.05) is 19.9 Å². The lowest BCUT2D eigenvalue weighted by molar-refractivity contribution is -0.114. The van der Waals surface area contributed by atoms with Crippen molar-refractivity contribution in [1.29, 1.82) is 0 Å². The molecule has 8 nitrogen and oxygen atoms in total. The van der Waals surface area contributed by atoms with Crippen LogP contribution in [0.4, 0.5) is 5.00 Å². The Bertz CT molecular complexity index is 1150. The molecular weight excluding hydrogens is 440 g/mol. The molecular formula is C21H24N2O6S2. The normalized spacial score (nSPS) is 14.5. The van der Waals surface area contributed by atoms with Crippen molar-refractivity contribution in [3.63, 3.8) is 0 Å². The van der Waals surface area contributed by atoms with Crippen LogP contribution in [0.15, 0.2) is 23.6 Å². The molecule has 1 atom stereocenters. The third-order valence-corrected chi connectivity index (χ3v) is 6.71. The molecule has 0 fully saturated rings. The van der Waals surface area contributed by atoms with E-state index in [9.17, 15) is 22.8 Å². The number of anilines is 1. The van der Waals surface area contributed by atoms with Crippen molar-refractivity contribution in [2.24, 2.45) is 0 Å². The van der Waals surface area contributed by atoms with Gasteiger partial charge in [-0.05, 0) is 30.5 Å². The van der Waals surface area contributed by atoms with E-state index in [-0.39, 0.29) is 22.0 Å². The number of carbonyl (C=O) groups excluding carboxylic acids is 3. The Morgan fingerprint density at radius 2 is 1.94 bits per heavy atom. The summed E-state index contributed by atoms with van der Waals surface area (Å²) in [6, 6.07) is 4.21. The van der Waals surface area contributed by atoms with Crippen LogP contribution in [0.2, 0.25) is 0 Å². The predicted octanol–water partition coefficient (Wildman–Crippen LogP) is 3.05. The van der Waals surface area contributed by atoms with E-state index in [4.69, 9.17) is 4.74 Å². The lowest BCUT2D eigenvalue weighted by atomic mass is 10.0. The van der Waals surface area contributed by atoms with Gasteiger partial charge in [-0.15, -0.1) is 11.3 Å². The molecule has 3 rings (SSSR count). The number of thiophene rings is 1. The van der Waals surface area contributed by atoms with Crippen LogP contribution in [0.25, 0.3) is 0 Å². The van der Waals surface area contributed by atoms with Gasteiger partial charge in [-0.3, -0.25) is 19.3 Å². The maximum atomic E-state index is 13.2. The summed E-state index contributed by atoms with van der Waals surface area (Å²) in [6.45, 7) is 5.54. The second kappa shape index (κ2) is 8.80. The fourth-order valence-corrected chi connectivity index (χ4v) is 5.46. The number of sulfone groups is 1. The van der Waals surface area contributed by atoms with Gasteiger partial charge >= 0.3 is 0 Å². The zero-order chi connectivity index (χ0) is 22.9. The fraction of sp³-hybridized carbons (Fsp3) is 0.381. The van der Waals surface area contributed by atoms with Crippen molar-refractivity contribution in [1.82, 2.24) is 4.90 Å². The number of carbonyl (C=O) groups is 3. The third kappa shape index (κ3) is 4.64. The number of ether oxygens (including phenoxy) is 1. The molecule has 166 valence electrons. The number of hydrogen-bond donors (Lipinski definition) is 1. The van der Waals surface area contributed by atoms with Crippen LogP contribution < -0.4 is 10.1 Å². The summed E-state index contributed by atoms with van der Waals surface area (Å²) >= 11 is 1.09. The van der Waals surface area contributed by atoms with Gasteiger partial charge in [-0.25, -0.2) is 8.42 Å². The number of amides is 3. The van der Waals surface area contributed by atoms with Crippen LogP contribution in [0, 0.1) is 0 Å². The average molecular weight is 465 g/mol.